The predicted molar refractivity (Wildman–Crippen MR) is 80.4 cm³/mol. The van der Waals surface area contributed by atoms with Crippen molar-refractivity contribution in [3.63, 3.8) is 0 Å². The van der Waals surface area contributed by atoms with Crippen molar-refractivity contribution in [2.45, 2.75) is 58.3 Å². The minimum absolute atomic E-state index is 0.184. The average Bonchev–Trinajstić information content (AvgIpc) is 2.59. The van der Waals surface area contributed by atoms with Gasteiger partial charge < -0.3 is 20.4 Å². The molecule has 3 fully saturated rings. The normalized spacial score (nSPS) is 54.1. The lowest BCUT2D eigenvalue weighted by molar-refractivity contribution is -0.215. The van der Waals surface area contributed by atoms with Crippen LogP contribution >= 0.6 is 0 Å². The Morgan fingerprint density at radius 3 is 2.30 bits per heavy atom. The van der Waals surface area contributed by atoms with E-state index in [-0.39, 0.29) is 17.3 Å². The number of Topliss-reactive ketones (excluding diaryl/α,β-unsaturated/α-hetero) is 1. The number of rotatable bonds is 2. The van der Waals surface area contributed by atoms with Gasteiger partial charge in [-0.3, -0.25) is 9.59 Å². The molecule has 0 spiro atoms. The Morgan fingerprint density at radius 1 is 1.26 bits per heavy atom. The van der Waals surface area contributed by atoms with E-state index in [2.05, 4.69) is 0 Å². The van der Waals surface area contributed by atoms with Crippen molar-refractivity contribution >= 4 is 11.8 Å². The van der Waals surface area contributed by atoms with E-state index in [0.29, 0.717) is 6.42 Å². The molecule has 8 atom stereocenters. The molecule has 3 saturated carbocycles. The maximum Gasteiger partial charge on any atom is 0.304 e. The molecule has 0 aromatic carbocycles. The standard InChI is InChI=1S/C17H26O6/c1-7-12(20)8(5-10(18)19)13(21)16(4)9-6-15(2,3)11(9)14(22)17(7,16)23/h7-9,11-12,14,20,22-23H,5-6H2,1-4H3,(H,18,19)/t7-,8+,9+,11-,12+,14+,16+,17-/m1/s1. The van der Waals surface area contributed by atoms with E-state index in [4.69, 9.17) is 5.11 Å². The van der Waals surface area contributed by atoms with Crippen LogP contribution in [0.25, 0.3) is 0 Å². The third-order valence-corrected chi connectivity index (χ3v) is 7.31. The van der Waals surface area contributed by atoms with Crippen LogP contribution < -0.4 is 0 Å². The molecule has 6 nitrogen and oxygen atoms in total. The second kappa shape index (κ2) is 4.55. The van der Waals surface area contributed by atoms with E-state index in [1.165, 1.54) is 0 Å². The Kier molecular flexibility index (Phi) is 3.34. The van der Waals surface area contributed by atoms with Crippen molar-refractivity contribution in [3.05, 3.63) is 0 Å². The number of aliphatic carboxylic acids is 1. The summed E-state index contributed by atoms with van der Waals surface area (Å²) in [5.41, 5.74) is -3.12. The van der Waals surface area contributed by atoms with Crippen LogP contribution in [0.15, 0.2) is 0 Å². The number of carboxylic acids is 1. The van der Waals surface area contributed by atoms with E-state index < -0.39 is 53.2 Å². The molecule has 0 aliphatic heterocycles. The van der Waals surface area contributed by atoms with Gasteiger partial charge in [0.05, 0.1) is 30.0 Å². The summed E-state index contributed by atoms with van der Waals surface area (Å²) in [6.07, 6.45) is -2.12. The summed E-state index contributed by atoms with van der Waals surface area (Å²) in [6.45, 7) is 7.25. The van der Waals surface area contributed by atoms with Gasteiger partial charge in [-0.2, -0.15) is 0 Å². The van der Waals surface area contributed by atoms with Crippen LogP contribution in [0, 0.1) is 34.5 Å². The van der Waals surface area contributed by atoms with Crippen LogP contribution in [0.2, 0.25) is 0 Å². The highest BCUT2D eigenvalue weighted by molar-refractivity contribution is 5.93. The first-order valence-corrected chi connectivity index (χ1v) is 8.25. The lowest BCUT2D eigenvalue weighted by atomic mass is 9.48. The summed E-state index contributed by atoms with van der Waals surface area (Å²) in [6, 6.07) is 0. The largest absolute Gasteiger partial charge is 0.481 e. The second-order valence-electron chi connectivity index (χ2n) is 8.65. The molecule has 0 amide bonds. The number of carbonyl (C=O) groups excluding carboxylic acids is 1. The van der Waals surface area contributed by atoms with Gasteiger partial charge in [-0.25, -0.2) is 0 Å². The number of hydrogen-bond acceptors (Lipinski definition) is 5. The molecule has 130 valence electrons. The van der Waals surface area contributed by atoms with Gasteiger partial charge in [0.1, 0.15) is 11.4 Å². The van der Waals surface area contributed by atoms with Crippen LogP contribution in [-0.4, -0.2) is 50.0 Å². The van der Waals surface area contributed by atoms with Crippen molar-refractivity contribution < 1.29 is 30.0 Å². The second-order valence-corrected chi connectivity index (χ2v) is 8.65. The maximum absolute atomic E-state index is 13.1. The molecular weight excluding hydrogens is 300 g/mol. The van der Waals surface area contributed by atoms with E-state index in [9.17, 15) is 24.9 Å². The number of carbonyl (C=O) groups is 2. The van der Waals surface area contributed by atoms with Crippen molar-refractivity contribution in [3.8, 4) is 0 Å². The van der Waals surface area contributed by atoms with E-state index in [0.717, 1.165) is 0 Å². The average molecular weight is 326 g/mol. The van der Waals surface area contributed by atoms with Gasteiger partial charge in [0, 0.05) is 5.92 Å². The van der Waals surface area contributed by atoms with E-state index >= 15 is 0 Å². The van der Waals surface area contributed by atoms with Gasteiger partial charge in [0.2, 0.25) is 0 Å². The molecule has 0 radical (unpaired) electrons. The molecule has 0 heterocycles. The zero-order valence-electron chi connectivity index (χ0n) is 14.0. The Hall–Kier alpha value is -0.980. The number of hydrogen-bond donors (Lipinski definition) is 4. The molecule has 3 aliphatic rings. The minimum atomic E-state index is -1.72. The number of carboxylic acid groups (broad SMARTS) is 1. The van der Waals surface area contributed by atoms with Crippen LogP contribution in [0.5, 0.6) is 0 Å². The minimum Gasteiger partial charge on any atom is -0.481 e. The van der Waals surface area contributed by atoms with E-state index in [1.807, 2.05) is 13.8 Å². The highest BCUT2D eigenvalue weighted by Crippen LogP contribution is 2.72. The number of aliphatic hydroxyl groups excluding tert-OH is 2. The molecule has 23 heavy (non-hydrogen) atoms. The van der Waals surface area contributed by atoms with Crippen molar-refractivity contribution in [2.24, 2.45) is 34.5 Å². The Bertz CT molecular complexity index is 571. The zero-order chi connectivity index (χ0) is 17.5. The molecule has 0 aromatic rings. The van der Waals surface area contributed by atoms with Crippen molar-refractivity contribution in [1.82, 2.24) is 0 Å². The Balaban J connectivity index is 2.10. The predicted octanol–water partition coefficient (Wildman–Crippen LogP) is 0.431. The van der Waals surface area contributed by atoms with Gasteiger partial charge in [-0.05, 0) is 30.6 Å². The van der Waals surface area contributed by atoms with Crippen molar-refractivity contribution in [1.29, 1.82) is 0 Å². The molecule has 3 aliphatic carbocycles. The van der Waals surface area contributed by atoms with Crippen LogP contribution in [0.3, 0.4) is 0 Å². The molecule has 6 heteroatoms. The summed E-state index contributed by atoms with van der Waals surface area (Å²) < 4.78 is 0. The van der Waals surface area contributed by atoms with Gasteiger partial charge in [-0.15, -0.1) is 0 Å². The summed E-state index contributed by atoms with van der Waals surface area (Å²) >= 11 is 0. The molecule has 0 unspecified atom stereocenters. The van der Waals surface area contributed by atoms with Crippen LogP contribution in [0.4, 0.5) is 0 Å². The maximum atomic E-state index is 13.1. The first-order chi connectivity index (χ1) is 10.4. The fraction of sp³-hybridized carbons (Fsp3) is 0.882. The quantitative estimate of drug-likeness (QED) is 0.585. The molecule has 4 N–H and O–H groups in total. The highest BCUT2D eigenvalue weighted by atomic mass is 16.4. The summed E-state index contributed by atoms with van der Waals surface area (Å²) in [5, 5.41) is 41.7. The van der Waals surface area contributed by atoms with Crippen LogP contribution in [-0.2, 0) is 9.59 Å². The third kappa shape index (κ3) is 1.69. The molecule has 3 rings (SSSR count). The summed E-state index contributed by atoms with van der Waals surface area (Å²) in [5.74, 6) is -3.79. The monoisotopic (exact) mass is 326 g/mol. The molecular formula is C17H26O6. The van der Waals surface area contributed by atoms with Crippen LogP contribution in [0.1, 0.15) is 40.5 Å². The lowest BCUT2D eigenvalue weighted by Gasteiger charge is -2.56. The zero-order valence-corrected chi connectivity index (χ0v) is 14.0. The van der Waals surface area contributed by atoms with Crippen molar-refractivity contribution in [2.75, 3.05) is 0 Å². The molecule has 0 aromatic heterocycles. The number of aliphatic hydroxyl groups is 3. The molecule has 0 bridgehead atoms. The topological polar surface area (TPSA) is 115 Å². The Labute approximate surface area is 135 Å². The van der Waals surface area contributed by atoms with Gasteiger partial charge in [0.25, 0.3) is 0 Å². The fourth-order valence-corrected chi connectivity index (χ4v) is 5.98. The first-order valence-electron chi connectivity index (χ1n) is 8.25. The summed E-state index contributed by atoms with van der Waals surface area (Å²) in [7, 11) is 0. The number of fused-ring (bicyclic) bond motifs is 3. The smallest absolute Gasteiger partial charge is 0.304 e. The fourth-order valence-electron chi connectivity index (χ4n) is 5.98. The Morgan fingerprint density at radius 2 is 1.83 bits per heavy atom. The van der Waals surface area contributed by atoms with E-state index in [1.54, 1.807) is 13.8 Å². The third-order valence-electron chi connectivity index (χ3n) is 7.31. The van der Waals surface area contributed by atoms with Gasteiger partial charge in [0.15, 0.2) is 0 Å². The first kappa shape index (κ1) is 16.9. The summed E-state index contributed by atoms with van der Waals surface area (Å²) in [4.78, 5) is 24.2. The molecule has 0 saturated heterocycles. The van der Waals surface area contributed by atoms with Gasteiger partial charge in [-0.1, -0.05) is 20.8 Å². The number of ketones is 1. The lowest BCUT2D eigenvalue weighted by Crippen LogP contribution is -2.68. The van der Waals surface area contributed by atoms with Gasteiger partial charge >= 0.3 is 5.97 Å². The SMILES string of the molecule is C[C@@H]1[C@H](O)[C@H](CC(=O)O)C(=O)[C@]2(C)[C@H]3CC(C)(C)[C@H]3[C@H](O)[C@]12O. The highest BCUT2D eigenvalue weighted by Gasteiger charge is 2.80.